The third kappa shape index (κ3) is 3.29. The van der Waals surface area contributed by atoms with Crippen LogP contribution in [0.15, 0.2) is 79.9 Å². The topological polar surface area (TPSA) is 17.8 Å². The minimum absolute atomic E-state index is 0.899. The van der Waals surface area contributed by atoms with Crippen molar-refractivity contribution >= 4 is 23.3 Å². The summed E-state index contributed by atoms with van der Waals surface area (Å²) in [7, 11) is 0. The lowest BCUT2D eigenvalue weighted by molar-refractivity contribution is 0.922. The molecule has 0 bridgehead atoms. The molecule has 0 saturated carbocycles. The van der Waals surface area contributed by atoms with Gasteiger partial charge in [-0.3, -0.25) is 4.57 Å². The number of aromatic nitrogens is 2. The number of aryl methyl sites for hydroxylation is 1. The van der Waals surface area contributed by atoms with E-state index in [1.165, 1.54) is 23.1 Å². The van der Waals surface area contributed by atoms with E-state index < -0.39 is 0 Å². The molecule has 28 heavy (non-hydrogen) atoms. The molecule has 0 radical (unpaired) electrons. The highest BCUT2D eigenvalue weighted by Gasteiger charge is 2.11. The first kappa shape index (κ1) is 18.0. The molecule has 1 heterocycles. The molecule has 0 unspecified atom stereocenters. The van der Waals surface area contributed by atoms with Crippen molar-refractivity contribution in [1.82, 2.24) is 9.55 Å². The Labute approximate surface area is 166 Å². The molecule has 0 amide bonds. The average molecular weight is 364 g/mol. The Kier molecular flexibility index (Phi) is 4.94. The highest BCUT2D eigenvalue weighted by molar-refractivity contribution is 5.85. The summed E-state index contributed by atoms with van der Waals surface area (Å²) in [4.78, 5) is 4.84. The Balaban J connectivity index is 1.70. The average Bonchev–Trinajstić information content (AvgIpc) is 3.12. The molecular formula is C26H24N2. The standard InChI is InChI=1S/C26H24N2/c1-4-7-20-8-11-21(12-9-20)22-13-15-23(16-14-22)26-27-24-18-19(5-2)10-17-25(24)28(26)6-3/h5-6,8-18H,2-4,7H2,1H3. The van der Waals surface area contributed by atoms with Gasteiger partial charge in [0.05, 0.1) is 11.0 Å². The van der Waals surface area contributed by atoms with Gasteiger partial charge in [-0.15, -0.1) is 0 Å². The van der Waals surface area contributed by atoms with Crippen LogP contribution in [0.4, 0.5) is 0 Å². The SMILES string of the molecule is C=Cc1ccc2c(c1)nc(-c1ccc(-c3ccc(CCC)cc3)cc1)n2C=C. The van der Waals surface area contributed by atoms with Crippen molar-refractivity contribution in [1.29, 1.82) is 0 Å². The predicted octanol–water partition coefficient (Wildman–Crippen LogP) is 7.07. The van der Waals surface area contributed by atoms with Crippen LogP contribution in [-0.2, 0) is 6.42 Å². The number of imidazole rings is 1. The molecule has 2 nitrogen and oxygen atoms in total. The zero-order valence-corrected chi connectivity index (χ0v) is 16.2. The molecule has 0 fully saturated rings. The molecule has 0 spiro atoms. The largest absolute Gasteiger partial charge is 0.300 e. The smallest absolute Gasteiger partial charge is 0.145 e. The second kappa shape index (κ2) is 7.69. The van der Waals surface area contributed by atoms with Gasteiger partial charge in [-0.1, -0.05) is 87.2 Å². The number of hydrogen-bond acceptors (Lipinski definition) is 1. The maximum absolute atomic E-state index is 4.84. The molecule has 4 aromatic rings. The van der Waals surface area contributed by atoms with E-state index >= 15 is 0 Å². The van der Waals surface area contributed by atoms with E-state index in [-0.39, 0.29) is 0 Å². The maximum atomic E-state index is 4.84. The molecule has 4 rings (SSSR count). The zero-order chi connectivity index (χ0) is 19.5. The number of nitrogens with zero attached hydrogens (tertiary/aromatic N) is 2. The van der Waals surface area contributed by atoms with Gasteiger partial charge in [-0.05, 0) is 40.8 Å². The van der Waals surface area contributed by atoms with Crippen LogP contribution in [0.1, 0.15) is 24.5 Å². The monoisotopic (exact) mass is 364 g/mol. The molecule has 0 aliphatic heterocycles. The van der Waals surface area contributed by atoms with Gasteiger partial charge in [0.1, 0.15) is 5.82 Å². The summed E-state index contributed by atoms with van der Waals surface area (Å²) in [5, 5.41) is 0. The molecule has 0 aliphatic rings. The molecule has 1 aromatic heterocycles. The van der Waals surface area contributed by atoms with Crippen molar-refractivity contribution in [2.45, 2.75) is 19.8 Å². The summed E-state index contributed by atoms with van der Waals surface area (Å²) in [6.45, 7) is 10.0. The van der Waals surface area contributed by atoms with E-state index in [0.29, 0.717) is 0 Å². The Morgan fingerprint density at radius 1 is 0.857 bits per heavy atom. The van der Waals surface area contributed by atoms with Crippen molar-refractivity contribution < 1.29 is 0 Å². The first-order valence-electron chi connectivity index (χ1n) is 9.70. The summed E-state index contributed by atoms with van der Waals surface area (Å²) in [5.41, 5.74) is 7.97. The molecule has 0 N–H and O–H groups in total. The van der Waals surface area contributed by atoms with Crippen molar-refractivity contribution in [2.75, 3.05) is 0 Å². The quantitative estimate of drug-likeness (QED) is 0.358. The Morgan fingerprint density at radius 2 is 1.50 bits per heavy atom. The van der Waals surface area contributed by atoms with E-state index in [2.05, 4.69) is 80.7 Å². The lowest BCUT2D eigenvalue weighted by Gasteiger charge is -2.07. The van der Waals surface area contributed by atoms with Gasteiger partial charge in [0.15, 0.2) is 0 Å². The summed E-state index contributed by atoms with van der Waals surface area (Å²) in [6.07, 6.45) is 5.96. The lowest BCUT2D eigenvalue weighted by atomic mass is 10.0. The van der Waals surface area contributed by atoms with Crippen molar-refractivity contribution in [3.63, 3.8) is 0 Å². The Bertz CT molecular complexity index is 1130. The van der Waals surface area contributed by atoms with Crippen LogP contribution < -0.4 is 0 Å². The number of hydrogen-bond donors (Lipinski definition) is 0. The van der Waals surface area contributed by atoms with E-state index in [9.17, 15) is 0 Å². The summed E-state index contributed by atoms with van der Waals surface area (Å²) < 4.78 is 2.04. The highest BCUT2D eigenvalue weighted by atomic mass is 15.1. The second-order valence-corrected chi connectivity index (χ2v) is 6.96. The van der Waals surface area contributed by atoms with Crippen LogP contribution in [0.5, 0.6) is 0 Å². The van der Waals surface area contributed by atoms with Crippen LogP contribution in [0.3, 0.4) is 0 Å². The highest BCUT2D eigenvalue weighted by Crippen LogP contribution is 2.28. The first-order valence-corrected chi connectivity index (χ1v) is 9.70. The van der Waals surface area contributed by atoms with Gasteiger partial charge in [-0.2, -0.15) is 0 Å². The first-order chi connectivity index (χ1) is 13.7. The number of benzene rings is 3. The lowest BCUT2D eigenvalue weighted by Crippen LogP contribution is -1.91. The maximum Gasteiger partial charge on any atom is 0.145 e. The second-order valence-electron chi connectivity index (χ2n) is 6.96. The number of rotatable bonds is 6. The van der Waals surface area contributed by atoms with Crippen LogP contribution in [0.2, 0.25) is 0 Å². The van der Waals surface area contributed by atoms with Gasteiger partial charge < -0.3 is 0 Å². The molecule has 138 valence electrons. The van der Waals surface area contributed by atoms with Crippen LogP contribution in [0.25, 0.3) is 45.8 Å². The molecule has 2 heteroatoms. The van der Waals surface area contributed by atoms with Gasteiger partial charge in [0.2, 0.25) is 0 Å². The Morgan fingerprint density at radius 3 is 2.11 bits per heavy atom. The van der Waals surface area contributed by atoms with Gasteiger partial charge in [0.25, 0.3) is 0 Å². The van der Waals surface area contributed by atoms with Gasteiger partial charge in [-0.25, -0.2) is 4.98 Å². The van der Waals surface area contributed by atoms with Crippen molar-refractivity contribution in [3.05, 3.63) is 91.0 Å². The zero-order valence-electron chi connectivity index (χ0n) is 16.2. The van der Waals surface area contributed by atoms with Gasteiger partial charge in [0, 0.05) is 11.8 Å². The molecule has 0 saturated heterocycles. The van der Waals surface area contributed by atoms with E-state index in [0.717, 1.165) is 34.4 Å². The molecule has 3 aromatic carbocycles. The third-order valence-corrected chi connectivity index (χ3v) is 5.10. The van der Waals surface area contributed by atoms with Gasteiger partial charge >= 0.3 is 0 Å². The van der Waals surface area contributed by atoms with E-state index in [1.807, 2.05) is 22.9 Å². The molecule has 0 atom stereocenters. The molecular weight excluding hydrogens is 340 g/mol. The summed E-state index contributed by atoms with van der Waals surface area (Å²) in [6, 6.07) is 23.6. The number of fused-ring (bicyclic) bond motifs is 1. The van der Waals surface area contributed by atoms with E-state index in [1.54, 1.807) is 0 Å². The van der Waals surface area contributed by atoms with Crippen molar-refractivity contribution in [2.24, 2.45) is 0 Å². The third-order valence-electron chi connectivity index (χ3n) is 5.10. The fourth-order valence-electron chi connectivity index (χ4n) is 3.60. The predicted molar refractivity (Wildman–Crippen MR) is 121 cm³/mol. The minimum Gasteiger partial charge on any atom is -0.300 e. The van der Waals surface area contributed by atoms with Crippen LogP contribution in [-0.4, -0.2) is 9.55 Å². The van der Waals surface area contributed by atoms with E-state index in [4.69, 9.17) is 4.98 Å². The normalized spacial score (nSPS) is 10.9. The van der Waals surface area contributed by atoms with Crippen LogP contribution >= 0.6 is 0 Å². The fraction of sp³-hybridized carbons (Fsp3) is 0.115. The van der Waals surface area contributed by atoms with Crippen LogP contribution in [0, 0.1) is 0 Å². The Hall–Kier alpha value is -3.39. The molecule has 0 aliphatic carbocycles. The fourth-order valence-corrected chi connectivity index (χ4v) is 3.60. The summed E-state index contributed by atoms with van der Waals surface area (Å²) in [5.74, 6) is 0.899. The summed E-state index contributed by atoms with van der Waals surface area (Å²) >= 11 is 0. The van der Waals surface area contributed by atoms with Crippen molar-refractivity contribution in [3.8, 4) is 22.5 Å². The minimum atomic E-state index is 0.899.